The monoisotopic (exact) mass is 299 g/mol. The maximum atomic E-state index is 12.0. The number of H-pyrrole nitrogens is 1. The van der Waals surface area contributed by atoms with Crippen molar-refractivity contribution in [2.24, 2.45) is 0 Å². The van der Waals surface area contributed by atoms with Crippen molar-refractivity contribution in [3.05, 3.63) is 42.0 Å². The number of urea groups is 1. The van der Waals surface area contributed by atoms with Crippen LogP contribution in [0.4, 0.5) is 16.2 Å². The molecule has 0 fully saturated rings. The molecule has 0 spiro atoms. The molecule has 2 N–H and O–H groups in total. The highest BCUT2D eigenvalue weighted by Gasteiger charge is 2.22. The molecule has 6 nitrogen and oxygen atoms in total. The number of carbonyl (C=O) groups excluding carboxylic acids is 1. The van der Waals surface area contributed by atoms with E-state index in [0.717, 1.165) is 30.9 Å². The lowest BCUT2D eigenvalue weighted by atomic mass is 10.1. The summed E-state index contributed by atoms with van der Waals surface area (Å²) in [5, 5.41) is 2.69. The second-order valence-electron chi connectivity index (χ2n) is 5.36. The first-order valence-electron chi connectivity index (χ1n) is 7.57. The lowest BCUT2D eigenvalue weighted by Crippen LogP contribution is -2.38. The third kappa shape index (κ3) is 2.64. The maximum absolute atomic E-state index is 12.0. The van der Waals surface area contributed by atoms with Gasteiger partial charge < -0.3 is 15.2 Å². The van der Waals surface area contributed by atoms with Crippen LogP contribution in [-0.4, -0.2) is 36.1 Å². The van der Waals surface area contributed by atoms with Gasteiger partial charge in [-0.3, -0.25) is 4.90 Å². The minimum absolute atomic E-state index is 0.0828. The van der Waals surface area contributed by atoms with Gasteiger partial charge in [0, 0.05) is 37.7 Å². The molecule has 0 aliphatic carbocycles. The fourth-order valence-corrected chi connectivity index (χ4v) is 2.92. The molecule has 2 amide bonds. The summed E-state index contributed by atoms with van der Waals surface area (Å²) >= 11 is 0. The quantitative estimate of drug-likeness (QED) is 0.909. The first kappa shape index (κ1) is 14.4. The van der Waals surface area contributed by atoms with E-state index in [-0.39, 0.29) is 6.03 Å². The van der Waals surface area contributed by atoms with Crippen LogP contribution in [0.2, 0.25) is 0 Å². The number of aromatic amines is 1. The summed E-state index contributed by atoms with van der Waals surface area (Å²) < 4.78 is 0. The molecule has 0 unspecified atom stereocenters. The van der Waals surface area contributed by atoms with Gasteiger partial charge in [-0.2, -0.15) is 0 Å². The zero-order chi connectivity index (χ0) is 15.5. The van der Waals surface area contributed by atoms with Gasteiger partial charge in [0.15, 0.2) is 0 Å². The highest BCUT2D eigenvalue weighted by Crippen LogP contribution is 2.33. The fraction of sp³-hybridized carbons (Fsp3) is 0.375. The minimum Gasteiger partial charge on any atom is -0.365 e. The second-order valence-corrected chi connectivity index (χ2v) is 5.36. The summed E-state index contributed by atoms with van der Waals surface area (Å²) in [5.74, 6) is 0. The Hall–Kier alpha value is -2.50. The van der Waals surface area contributed by atoms with Crippen LogP contribution in [-0.2, 0) is 13.0 Å². The molecule has 1 aliphatic rings. The summed E-state index contributed by atoms with van der Waals surface area (Å²) in [4.78, 5) is 23.2. The summed E-state index contributed by atoms with van der Waals surface area (Å²) in [6.45, 7) is 4.41. The zero-order valence-corrected chi connectivity index (χ0v) is 13.0. The molecular formula is C16H21N5O. The minimum atomic E-state index is -0.0828. The molecule has 0 saturated heterocycles. The predicted molar refractivity (Wildman–Crippen MR) is 87.3 cm³/mol. The lowest BCUT2D eigenvalue weighted by Gasteiger charge is -2.23. The number of amides is 2. The summed E-state index contributed by atoms with van der Waals surface area (Å²) in [6.07, 6.45) is 4.59. The fourth-order valence-electron chi connectivity index (χ4n) is 2.92. The molecule has 0 saturated carbocycles. The molecule has 1 aromatic heterocycles. The Morgan fingerprint density at radius 2 is 2.36 bits per heavy atom. The van der Waals surface area contributed by atoms with E-state index >= 15 is 0 Å². The van der Waals surface area contributed by atoms with E-state index < -0.39 is 0 Å². The standard InChI is InChI=1S/C16H21N5O/c1-3-21(16(22)17-2)14-5-4-12-6-7-20(15(12)8-14)10-13-9-18-11-19-13/h4-5,8-9,11H,3,6-7,10H2,1-2H3,(H,17,22)(H,18,19). The van der Waals surface area contributed by atoms with Crippen LogP contribution < -0.4 is 15.1 Å². The molecule has 0 radical (unpaired) electrons. The molecule has 2 aromatic rings. The Morgan fingerprint density at radius 3 is 3.05 bits per heavy atom. The lowest BCUT2D eigenvalue weighted by molar-refractivity contribution is 0.248. The first-order chi connectivity index (χ1) is 10.7. The molecule has 116 valence electrons. The van der Waals surface area contributed by atoms with Gasteiger partial charge in [0.25, 0.3) is 0 Å². The maximum Gasteiger partial charge on any atom is 0.321 e. The number of rotatable bonds is 4. The number of carbonyl (C=O) groups is 1. The molecule has 6 heteroatoms. The summed E-state index contributed by atoms with van der Waals surface area (Å²) in [6, 6.07) is 6.18. The Bertz CT molecular complexity index is 653. The average Bonchev–Trinajstić information content (AvgIpc) is 3.18. The van der Waals surface area contributed by atoms with E-state index in [4.69, 9.17) is 0 Å². The molecule has 2 heterocycles. The van der Waals surface area contributed by atoms with E-state index in [1.165, 1.54) is 11.3 Å². The van der Waals surface area contributed by atoms with Crippen LogP contribution in [0.5, 0.6) is 0 Å². The smallest absolute Gasteiger partial charge is 0.321 e. The van der Waals surface area contributed by atoms with Crippen LogP contribution in [0.15, 0.2) is 30.7 Å². The van der Waals surface area contributed by atoms with Gasteiger partial charge in [0.1, 0.15) is 0 Å². The van der Waals surface area contributed by atoms with E-state index in [1.807, 2.05) is 19.2 Å². The van der Waals surface area contributed by atoms with Gasteiger partial charge >= 0.3 is 6.03 Å². The SMILES string of the molecule is CCN(C(=O)NC)c1ccc2c(c1)N(Cc1cnc[nH]1)CC2. The topological polar surface area (TPSA) is 64.3 Å². The Morgan fingerprint density at radius 1 is 1.50 bits per heavy atom. The van der Waals surface area contributed by atoms with Gasteiger partial charge in [-0.05, 0) is 31.0 Å². The molecule has 1 aliphatic heterocycles. The van der Waals surface area contributed by atoms with Crippen LogP contribution in [0, 0.1) is 0 Å². The number of nitrogens with zero attached hydrogens (tertiary/aromatic N) is 3. The average molecular weight is 299 g/mol. The van der Waals surface area contributed by atoms with Crippen molar-refractivity contribution >= 4 is 17.4 Å². The third-order valence-corrected chi connectivity index (χ3v) is 4.06. The zero-order valence-electron chi connectivity index (χ0n) is 13.0. The van der Waals surface area contributed by atoms with E-state index in [1.54, 1.807) is 18.3 Å². The number of nitrogens with one attached hydrogen (secondary N) is 2. The van der Waals surface area contributed by atoms with Gasteiger partial charge in [-0.15, -0.1) is 0 Å². The molecular weight excluding hydrogens is 278 g/mol. The van der Waals surface area contributed by atoms with E-state index in [0.29, 0.717) is 6.54 Å². The Kier molecular flexibility index (Phi) is 4.00. The van der Waals surface area contributed by atoms with E-state index in [2.05, 4.69) is 32.3 Å². The van der Waals surface area contributed by atoms with E-state index in [9.17, 15) is 4.79 Å². The molecule has 22 heavy (non-hydrogen) atoms. The van der Waals surface area contributed by atoms with Crippen molar-refractivity contribution in [2.45, 2.75) is 19.9 Å². The number of hydrogen-bond acceptors (Lipinski definition) is 3. The number of hydrogen-bond donors (Lipinski definition) is 2. The van der Waals surface area contributed by atoms with Crippen molar-refractivity contribution in [3.8, 4) is 0 Å². The van der Waals surface area contributed by atoms with Crippen LogP contribution in [0.3, 0.4) is 0 Å². The predicted octanol–water partition coefficient (Wildman–Crippen LogP) is 2.14. The number of fused-ring (bicyclic) bond motifs is 1. The molecule has 1 aromatic carbocycles. The summed E-state index contributed by atoms with van der Waals surface area (Å²) in [7, 11) is 1.66. The summed E-state index contributed by atoms with van der Waals surface area (Å²) in [5.41, 5.74) is 4.56. The van der Waals surface area contributed by atoms with Crippen LogP contribution in [0.1, 0.15) is 18.2 Å². The third-order valence-electron chi connectivity index (χ3n) is 4.06. The Balaban J connectivity index is 1.87. The first-order valence-corrected chi connectivity index (χ1v) is 7.57. The van der Waals surface area contributed by atoms with Crippen LogP contribution in [0.25, 0.3) is 0 Å². The van der Waals surface area contributed by atoms with Gasteiger partial charge in [-0.1, -0.05) is 6.07 Å². The highest BCUT2D eigenvalue weighted by atomic mass is 16.2. The van der Waals surface area contributed by atoms with Crippen molar-refractivity contribution in [2.75, 3.05) is 29.9 Å². The van der Waals surface area contributed by atoms with Gasteiger partial charge in [0.2, 0.25) is 0 Å². The molecule has 0 atom stereocenters. The van der Waals surface area contributed by atoms with Crippen molar-refractivity contribution < 1.29 is 4.79 Å². The second kappa shape index (κ2) is 6.09. The normalized spacial score (nSPS) is 13.1. The van der Waals surface area contributed by atoms with Crippen molar-refractivity contribution in [3.63, 3.8) is 0 Å². The number of aromatic nitrogens is 2. The number of anilines is 2. The number of benzene rings is 1. The largest absolute Gasteiger partial charge is 0.365 e. The van der Waals surface area contributed by atoms with Crippen molar-refractivity contribution in [1.82, 2.24) is 15.3 Å². The highest BCUT2D eigenvalue weighted by molar-refractivity contribution is 5.92. The molecule has 0 bridgehead atoms. The Labute approximate surface area is 130 Å². The van der Waals surface area contributed by atoms with Gasteiger partial charge in [-0.25, -0.2) is 9.78 Å². The van der Waals surface area contributed by atoms with Crippen molar-refractivity contribution in [1.29, 1.82) is 0 Å². The van der Waals surface area contributed by atoms with Crippen LogP contribution >= 0.6 is 0 Å². The molecule has 3 rings (SSSR count). The van der Waals surface area contributed by atoms with Gasteiger partial charge in [0.05, 0.1) is 18.6 Å². The number of imidazole rings is 1.